The monoisotopic (exact) mass is 216 g/mol. The van der Waals surface area contributed by atoms with Crippen molar-refractivity contribution < 1.29 is 14.0 Å². The summed E-state index contributed by atoms with van der Waals surface area (Å²) in [5, 5.41) is 0. The molecule has 0 bridgehead atoms. The fourth-order valence-corrected chi connectivity index (χ4v) is 2.29. The van der Waals surface area contributed by atoms with Gasteiger partial charge in [-0.15, -0.1) is 0 Å². The molecule has 0 aromatic rings. The van der Waals surface area contributed by atoms with Crippen molar-refractivity contribution in [1.29, 1.82) is 0 Å². The van der Waals surface area contributed by atoms with Gasteiger partial charge in [0.15, 0.2) is 8.32 Å². The fourth-order valence-electron chi connectivity index (χ4n) is 0.987. The summed E-state index contributed by atoms with van der Waals surface area (Å²) in [6.07, 6.45) is 3.14. The fraction of sp³-hybridized carbons (Fsp3) is 0.700. The SMILES string of the molecule is C=CC(=O)OCCCC[Si](C)(C)OC. The molecule has 0 N–H and O–H groups in total. The molecule has 0 aromatic carbocycles. The molecule has 0 amide bonds. The minimum absolute atomic E-state index is 0.340. The molecule has 0 atom stereocenters. The van der Waals surface area contributed by atoms with Crippen LogP contribution in [0.15, 0.2) is 12.7 Å². The number of carbonyl (C=O) groups excluding carboxylic acids is 1. The number of unbranched alkanes of at least 4 members (excludes halogenated alkanes) is 1. The quantitative estimate of drug-likeness (QED) is 0.284. The van der Waals surface area contributed by atoms with Crippen molar-refractivity contribution in [3.63, 3.8) is 0 Å². The average molecular weight is 216 g/mol. The van der Waals surface area contributed by atoms with Crippen molar-refractivity contribution in [2.24, 2.45) is 0 Å². The summed E-state index contributed by atoms with van der Waals surface area (Å²) >= 11 is 0. The predicted molar refractivity (Wildman–Crippen MR) is 59.7 cm³/mol. The topological polar surface area (TPSA) is 35.5 Å². The molecule has 0 aliphatic rings. The zero-order chi connectivity index (χ0) is 11.0. The molecule has 3 nitrogen and oxygen atoms in total. The van der Waals surface area contributed by atoms with Crippen LogP contribution in [0.3, 0.4) is 0 Å². The summed E-state index contributed by atoms with van der Waals surface area (Å²) in [6, 6.07) is 1.11. The summed E-state index contributed by atoms with van der Waals surface area (Å²) < 4.78 is 10.3. The highest BCUT2D eigenvalue weighted by atomic mass is 28.4. The third-order valence-corrected chi connectivity index (χ3v) is 4.80. The molecule has 0 aliphatic carbocycles. The van der Waals surface area contributed by atoms with Crippen LogP contribution in [-0.2, 0) is 14.0 Å². The van der Waals surface area contributed by atoms with Crippen LogP contribution in [0.4, 0.5) is 0 Å². The summed E-state index contributed by atoms with van der Waals surface area (Å²) in [4.78, 5) is 10.7. The Morgan fingerprint density at radius 3 is 2.57 bits per heavy atom. The molecule has 0 rings (SSSR count). The van der Waals surface area contributed by atoms with Gasteiger partial charge >= 0.3 is 5.97 Å². The van der Waals surface area contributed by atoms with E-state index in [4.69, 9.17) is 9.16 Å². The normalized spacial score (nSPS) is 11.1. The van der Waals surface area contributed by atoms with Crippen LogP contribution < -0.4 is 0 Å². The van der Waals surface area contributed by atoms with Crippen LogP contribution in [-0.4, -0.2) is 28.0 Å². The Kier molecular flexibility index (Phi) is 6.49. The summed E-state index contributed by atoms with van der Waals surface area (Å²) in [6.45, 7) is 8.18. The number of rotatable bonds is 7. The van der Waals surface area contributed by atoms with Gasteiger partial charge in [-0.1, -0.05) is 13.0 Å². The van der Waals surface area contributed by atoms with Gasteiger partial charge in [0, 0.05) is 13.2 Å². The molecule has 0 saturated heterocycles. The van der Waals surface area contributed by atoms with Crippen LogP contribution in [0, 0.1) is 0 Å². The van der Waals surface area contributed by atoms with E-state index in [1.54, 1.807) is 7.11 Å². The van der Waals surface area contributed by atoms with Crippen LogP contribution >= 0.6 is 0 Å². The number of hydrogen-bond acceptors (Lipinski definition) is 3. The van der Waals surface area contributed by atoms with Crippen molar-refractivity contribution in [1.82, 2.24) is 0 Å². The molecule has 0 unspecified atom stereocenters. The summed E-state index contributed by atoms with van der Waals surface area (Å²) in [5.74, 6) is -0.340. The minimum Gasteiger partial charge on any atom is -0.463 e. The highest BCUT2D eigenvalue weighted by Gasteiger charge is 2.19. The van der Waals surface area contributed by atoms with Gasteiger partial charge in [0.2, 0.25) is 0 Å². The van der Waals surface area contributed by atoms with Gasteiger partial charge in [0.05, 0.1) is 6.61 Å². The summed E-state index contributed by atoms with van der Waals surface area (Å²) in [5.41, 5.74) is 0. The lowest BCUT2D eigenvalue weighted by atomic mass is 10.4. The van der Waals surface area contributed by atoms with Gasteiger partial charge in [-0.05, 0) is 25.6 Å². The zero-order valence-electron chi connectivity index (χ0n) is 9.34. The van der Waals surface area contributed by atoms with Crippen molar-refractivity contribution in [2.45, 2.75) is 32.0 Å². The van der Waals surface area contributed by atoms with E-state index in [1.165, 1.54) is 6.08 Å². The van der Waals surface area contributed by atoms with E-state index in [9.17, 15) is 4.79 Å². The molecule has 0 aliphatic heterocycles. The van der Waals surface area contributed by atoms with Gasteiger partial charge in [0.25, 0.3) is 0 Å². The molecule has 0 fully saturated rings. The molecular weight excluding hydrogens is 196 g/mol. The largest absolute Gasteiger partial charge is 0.463 e. The van der Waals surface area contributed by atoms with E-state index < -0.39 is 8.32 Å². The van der Waals surface area contributed by atoms with Gasteiger partial charge in [-0.25, -0.2) is 4.79 Å². The molecular formula is C10H20O3Si. The van der Waals surface area contributed by atoms with Gasteiger partial charge in [-0.3, -0.25) is 0 Å². The van der Waals surface area contributed by atoms with Crippen molar-refractivity contribution in [3.8, 4) is 0 Å². The molecule has 4 heteroatoms. The number of ether oxygens (including phenoxy) is 1. The van der Waals surface area contributed by atoms with E-state index in [-0.39, 0.29) is 5.97 Å². The third-order valence-electron chi connectivity index (χ3n) is 2.14. The maximum absolute atomic E-state index is 10.7. The Bertz CT molecular complexity index is 190. The van der Waals surface area contributed by atoms with Gasteiger partial charge in [0.1, 0.15) is 0 Å². The lowest BCUT2D eigenvalue weighted by Gasteiger charge is -2.19. The third kappa shape index (κ3) is 6.86. The Labute approximate surface area is 87.2 Å². The lowest BCUT2D eigenvalue weighted by molar-refractivity contribution is -0.137. The molecule has 0 aromatic heterocycles. The smallest absolute Gasteiger partial charge is 0.330 e. The zero-order valence-corrected chi connectivity index (χ0v) is 10.3. The van der Waals surface area contributed by atoms with Crippen LogP contribution in [0.1, 0.15) is 12.8 Å². The van der Waals surface area contributed by atoms with E-state index in [2.05, 4.69) is 19.7 Å². The van der Waals surface area contributed by atoms with Gasteiger partial charge < -0.3 is 9.16 Å². The summed E-state index contributed by atoms with van der Waals surface area (Å²) in [7, 11) is 0.344. The van der Waals surface area contributed by atoms with E-state index >= 15 is 0 Å². The Morgan fingerprint density at radius 1 is 1.43 bits per heavy atom. The molecule has 0 spiro atoms. The first kappa shape index (κ1) is 13.4. The first-order valence-corrected chi connectivity index (χ1v) is 7.98. The molecule has 14 heavy (non-hydrogen) atoms. The van der Waals surface area contributed by atoms with Crippen LogP contribution in [0.25, 0.3) is 0 Å². The average Bonchev–Trinajstić information content (AvgIpc) is 2.17. The van der Waals surface area contributed by atoms with Gasteiger partial charge in [-0.2, -0.15) is 0 Å². The first-order valence-electron chi connectivity index (χ1n) is 4.86. The van der Waals surface area contributed by atoms with Crippen molar-refractivity contribution in [2.75, 3.05) is 13.7 Å². The Morgan fingerprint density at radius 2 is 2.07 bits per heavy atom. The predicted octanol–water partition coefficient (Wildman–Crippen LogP) is 2.35. The second kappa shape index (κ2) is 6.78. The number of carbonyl (C=O) groups is 1. The van der Waals surface area contributed by atoms with Crippen LogP contribution in [0.5, 0.6) is 0 Å². The molecule has 82 valence electrons. The first-order chi connectivity index (χ1) is 6.52. The number of esters is 1. The Hall–Kier alpha value is -0.613. The van der Waals surface area contributed by atoms with Crippen LogP contribution in [0.2, 0.25) is 19.1 Å². The molecule has 0 saturated carbocycles. The Balaban J connectivity index is 3.38. The van der Waals surface area contributed by atoms with E-state index in [0.717, 1.165) is 18.9 Å². The highest BCUT2D eigenvalue weighted by Crippen LogP contribution is 2.13. The minimum atomic E-state index is -1.42. The highest BCUT2D eigenvalue weighted by molar-refractivity contribution is 6.71. The number of hydrogen-bond donors (Lipinski definition) is 0. The molecule has 0 radical (unpaired) electrons. The maximum atomic E-state index is 10.7. The van der Waals surface area contributed by atoms with E-state index in [1.807, 2.05) is 0 Å². The van der Waals surface area contributed by atoms with E-state index in [0.29, 0.717) is 6.61 Å². The second-order valence-electron chi connectivity index (χ2n) is 3.79. The maximum Gasteiger partial charge on any atom is 0.330 e. The van der Waals surface area contributed by atoms with Crippen molar-refractivity contribution >= 4 is 14.3 Å². The second-order valence-corrected chi connectivity index (χ2v) is 8.22. The van der Waals surface area contributed by atoms with Crippen molar-refractivity contribution in [3.05, 3.63) is 12.7 Å². The standard InChI is InChI=1S/C10H20O3Si/c1-5-10(11)13-8-6-7-9-14(3,4)12-2/h5H,1,6-9H2,2-4H3. The molecule has 0 heterocycles. The lowest BCUT2D eigenvalue weighted by Crippen LogP contribution is -2.28.